The highest BCUT2D eigenvalue weighted by Gasteiger charge is 2.08. The van der Waals surface area contributed by atoms with E-state index in [0.717, 1.165) is 0 Å². The molecule has 2 aromatic carbocycles. The second kappa shape index (κ2) is 6.11. The smallest absolute Gasteiger partial charge is 0.170 e. The Kier molecular flexibility index (Phi) is 4.46. The largest absolute Gasteiger partial charge is 0.456 e. The quantitative estimate of drug-likeness (QED) is 0.375. The van der Waals surface area contributed by atoms with Gasteiger partial charge in [-0.1, -0.05) is 16.8 Å². The molecule has 0 spiro atoms. The number of ether oxygens (including phenoxy) is 1. The lowest BCUT2D eigenvalue weighted by Crippen LogP contribution is -2.12. The fraction of sp³-hybridized carbons (Fsp3) is 0. The van der Waals surface area contributed by atoms with Crippen molar-refractivity contribution in [3.63, 3.8) is 0 Å². The number of oxime groups is 1. The molecule has 0 aliphatic heterocycles. The first-order chi connectivity index (χ1) is 9.51. The standard InChI is InChI=1S/C13H9BrClFN2O2/c14-9-5-7(13(17)18-19)1-4-12(9)20-8-2-3-10(15)11(16)6-8/h1-6,19H,(H2,17,18). The Morgan fingerprint density at radius 1 is 1.30 bits per heavy atom. The Labute approximate surface area is 127 Å². The lowest BCUT2D eigenvalue weighted by atomic mass is 10.2. The van der Waals surface area contributed by atoms with Crippen LogP contribution in [0.1, 0.15) is 5.56 Å². The molecule has 7 heteroatoms. The monoisotopic (exact) mass is 358 g/mol. The maximum Gasteiger partial charge on any atom is 0.170 e. The average Bonchev–Trinajstić information content (AvgIpc) is 2.44. The van der Waals surface area contributed by atoms with Gasteiger partial charge < -0.3 is 15.7 Å². The van der Waals surface area contributed by atoms with Gasteiger partial charge in [0.1, 0.15) is 17.3 Å². The number of hydrogen-bond donors (Lipinski definition) is 2. The average molecular weight is 360 g/mol. The van der Waals surface area contributed by atoms with E-state index in [1.807, 2.05) is 0 Å². The van der Waals surface area contributed by atoms with Crippen LogP contribution in [0.2, 0.25) is 5.02 Å². The first-order valence-electron chi connectivity index (χ1n) is 5.41. The van der Waals surface area contributed by atoms with Gasteiger partial charge >= 0.3 is 0 Å². The highest BCUT2D eigenvalue weighted by molar-refractivity contribution is 9.10. The van der Waals surface area contributed by atoms with Crippen LogP contribution in [0, 0.1) is 5.82 Å². The van der Waals surface area contributed by atoms with E-state index in [9.17, 15) is 4.39 Å². The molecule has 4 nitrogen and oxygen atoms in total. The first-order valence-corrected chi connectivity index (χ1v) is 6.58. The van der Waals surface area contributed by atoms with Crippen LogP contribution < -0.4 is 10.5 Å². The summed E-state index contributed by atoms with van der Waals surface area (Å²) < 4.78 is 19.4. The van der Waals surface area contributed by atoms with E-state index in [-0.39, 0.29) is 10.9 Å². The summed E-state index contributed by atoms with van der Waals surface area (Å²) in [6.45, 7) is 0. The number of halogens is 3. The van der Waals surface area contributed by atoms with Crippen LogP contribution in [0.3, 0.4) is 0 Å². The molecular weight excluding hydrogens is 351 g/mol. The van der Waals surface area contributed by atoms with Crippen LogP contribution in [-0.4, -0.2) is 11.0 Å². The molecule has 0 aliphatic rings. The Bertz CT molecular complexity index is 679. The second-order valence-corrected chi connectivity index (χ2v) is 5.07. The predicted molar refractivity (Wildman–Crippen MR) is 78.1 cm³/mol. The summed E-state index contributed by atoms with van der Waals surface area (Å²) in [5.74, 6) is 0.189. The maximum atomic E-state index is 13.3. The van der Waals surface area contributed by atoms with Gasteiger partial charge in [0, 0.05) is 11.6 Å². The summed E-state index contributed by atoms with van der Waals surface area (Å²) in [6.07, 6.45) is 0. The molecule has 0 radical (unpaired) electrons. The van der Waals surface area contributed by atoms with Gasteiger partial charge in [-0.2, -0.15) is 0 Å². The Balaban J connectivity index is 2.28. The molecule has 0 saturated carbocycles. The van der Waals surface area contributed by atoms with Crippen molar-refractivity contribution in [1.82, 2.24) is 0 Å². The van der Waals surface area contributed by atoms with Crippen LogP contribution in [0.15, 0.2) is 46.0 Å². The molecule has 0 amide bonds. The van der Waals surface area contributed by atoms with Crippen molar-refractivity contribution in [2.45, 2.75) is 0 Å². The minimum absolute atomic E-state index is 0.0187. The van der Waals surface area contributed by atoms with Gasteiger partial charge in [0.2, 0.25) is 0 Å². The predicted octanol–water partition coefficient (Wildman–Crippen LogP) is 4.13. The maximum absolute atomic E-state index is 13.3. The normalized spacial score (nSPS) is 11.4. The molecule has 0 aliphatic carbocycles. The van der Waals surface area contributed by atoms with Crippen LogP contribution in [0.25, 0.3) is 0 Å². The van der Waals surface area contributed by atoms with E-state index in [4.69, 9.17) is 27.3 Å². The summed E-state index contributed by atoms with van der Waals surface area (Å²) in [4.78, 5) is 0. The third-order valence-corrected chi connectivity index (χ3v) is 3.38. The highest BCUT2D eigenvalue weighted by atomic mass is 79.9. The van der Waals surface area contributed by atoms with E-state index in [1.165, 1.54) is 12.1 Å². The van der Waals surface area contributed by atoms with E-state index < -0.39 is 5.82 Å². The van der Waals surface area contributed by atoms with Crippen LogP contribution >= 0.6 is 27.5 Å². The molecule has 2 rings (SSSR count). The van der Waals surface area contributed by atoms with E-state index in [2.05, 4.69) is 21.1 Å². The summed E-state index contributed by atoms with van der Waals surface area (Å²) in [5, 5.41) is 11.5. The lowest BCUT2D eigenvalue weighted by Gasteiger charge is -2.09. The van der Waals surface area contributed by atoms with Crippen molar-refractivity contribution >= 4 is 33.4 Å². The van der Waals surface area contributed by atoms with Crippen molar-refractivity contribution < 1.29 is 14.3 Å². The number of amidine groups is 1. The minimum Gasteiger partial charge on any atom is -0.456 e. The third-order valence-electron chi connectivity index (χ3n) is 2.45. The van der Waals surface area contributed by atoms with Gasteiger partial charge in [-0.05, 0) is 46.3 Å². The molecule has 0 heterocycles. The summed E-state index contributed by atoms with van der Waals surface area (Å²) in [7, 11) is 0. The summed E-state index contributed by atoms with van der Waals surface area (Å²) in [5.41, 5.74) is 6.00. The topological polar surface area (TPSA) is 67.8 Å². The summed E-state index contributed by atoms with van der Waals surface area (Å²) >= 11 is 8.89. The SMILES string of the molecule is N/C(=N/O)c1ccc(Oc2ccc(Cl)c(F)c2)c(Br)c1. The van der Waals surface area contributed by atoms with Crippen molar-refractivity contribution in [3.05, 3.63) is 57.3 Å². The number of nitrogens with zero attached hydrogens (tertiary/aromatic N) is 1. The Hall–Kier alpha value is -1.79. The van der Waals surface area contributed by atoms with Gasteiger partial charge in [-0.25, -0.2) is 4.39 Å². The third kappa shape index (κ3) is 3.20. The number of nitrogens with two attached hydrogens (primary N) is 1. The molecule has 104 valence electrons. The van der Waals surface area contributed by atoms with Crippen molar-refractivity contribution in [2.24, 2.45) is 10.9 Å². The van der Waals surface area contributed by atoms with Crippen molar-refractivity contribution in [2.75, 3.05) is 0 Å². The van der Waals surface area contributed by atoms with Crippen molar-refractivity contribution in [1.29, 1.82) is 0 Å². The second-order valence-electron chi connectivity index (χ2n) is 3.81. The number of hydrogen-bond acceptors (Lipinski definition) is 3. The van der Waals surface area contributed by atoms with E-state index in [0.29, 0.717) is 21.5 Å². The van der Waals surface area contributed by atoms with E-state index >= 15 is 0 Å². The molecular formula is C13H9BrClFN2O2. The number of benzene rings is 2. The molecule has 0 aromatic heterocycles. The minimum atomic E-state index is -0.562. The molecule has 2 aromatic rings. The molecule has 0 unspecified atom stereocenters. The molecule has 20 heavy (non-hydrogen) atoms. The molecule has 0 fully saturated rings. The van der Waals surface area contributed by atoms with Gasteiger partial charge in [0.05, 0.1) is 9.50 Å². The number of rotatable bonds is 3. The van der Waals surface area contributed by atoms with Crippen LogP contribution in [-0.2, 0) is 0 Å². The molecule has 0 atom stereocenters. The fourth-order valence-electron chi connectivity index (χ4n) is 1.47. The van der Waals surface area contributed by atoms with Crippen LogP contribution in [0.4, 0.5) is 4.39 Å². The molecule has 0 bridgehead atoms. The summed E-state index contributed by atoms with van der Waals surface area (Å²) in [6, 6.07) is 8.99. The Morgan fingerprint density at radius 2 is 2.05 bits per heavy atom. The Morgan fingerprint density at radius 3 is 2.65 bits per heavy atom. The van der Waals surface area contributed by atoms with Crippen molar-refractivity contribution in [3.8, 4) is 11.5 Å². The molecule has 3 N–H and O–H groups in total. The zero-order valence-electron chi connectivity index (χ0n) is 9.98. The zero-order valence-corrected chi connectivity index (χ0v) is 12.3. The fourth-order valence-corrected chi connectivity index (χ4v) is 2.05. The van der Waals surface area contributed by atoms with Gasteiger partial charge in [0.15, 0.2) is 5.84 Å². The molecule has 0 saturated heterocycles. The first kappa shape index (κ1) is 14.6. The van der Waals surface area contributed by atoms with E-state index in [1.54, 1.807) is 24.3 Å². The van der Waals surface area contributed by atoms with Gasteiger partial charge in [-0.3, -0.25) is 0 Å². The van der Waals surface area contributed by atoms with Gasteiger partial charge in [0.25, 0.3) is 0 Å². The lowest BCUT2D eigenvalue weighted by molar-refractivity contribution is 0.318. The zero-order chi connectivity index (χ0) is 14.7. The van der Waals surface area contributed by atoms with Crippen LogP contribution in [0.5, 0.6) is 11.5 Å². The highest BCUT2D eigenvalue weighted by Crippen LogP contribution is 2.31. The van der Waals surface area contributed by atoms with Gasteiger partial charge in [-0.15, -0.1) is 0 Å².